The number of halogens is 1. The Bertz CT molecular complexity index is 1190. The van der Waals surface area contributed by atoms with Gasteiger partial charge in [0.05, 0.1) is 21.0 Å². The van der Waals surface area contributed by atoms with Gasteiger partial charge < -0.3 is 15.5 Å². The minimum atomic E-state index is -3.70. The number of anilines is 2. The Hall–Kier alpha value is -2.62. The minimum Gasteiger partial charge on any atom is -0.371 e. The molecule has 1 aliphatic carbocycles. The van der Waals surface area contributed by atoms with Gasteiger partial charge in [-0.05, 0) is 62.1 Å². The minimum absolute atomic E-state index is 0.0470. The molecule has 0 spiro atoms. The molecule has 1 heterocycles. The zero-order chi connectivity index (χ0) is 23.8. The number of nitrogens with one attached hydrogen (secondary N) is 2. The second kappa shape index (κ2) is 9.32. The largest absolute Gasteiger partial charge is 0.371 e. The molecule has 1 saturated carbocycles. The first-order valence-corrected chi connectivity index (χ1v) is 12.7. The van der Waals surface area contributed by atoms with Crippen molar-refractivity contribution in [3.05, 3.63) is 52.5 Å². The van der Waals surface area contributed by atoms with E-state index >= 15 is 0 Å². The molecule has 2 aliphatic rings. The van der Waals surface area contributed by atoms with Gasteiger partial charge in [0.25, 0.3) is 11.8 Å². The third-order valence-corrected chi connectivity index (χ3v) is 7.95. The molecule has 2 aromatic carbocycles. The Morgan fingerprint density at radius 1 is 1.00 bits per heavy atom. The lowest BCUT2D eigenvalue weighted by atomic mass is 10.1. The lowest BCUT2D eigenvalue weighted by Gasteiger charge is -2.22. The van der Waals surface area contributed by atoms with Crippen molar-refractivity contribution in [2.24, 2.45) is 0 Å². The van der Waals surface area contributed by atoms with Crippen molar-refractivity contribution in [2.45, 2.75) is 36.6 Å². The van der Waals surface area contributed by atoms with E-state index in [1.54, 1.807) is 18.2 Å². The van der Waals surface area contributed by atoms with Crippen molar-refractivity contribution in [1.82, 2.24) is 9.62 Å². The van der Waals surface area contributed by atoms with Crippen LogP contribution in [0, 0.1) is 0 Å². The molecule has 2 aromatic rings. The van der Waals surface area contributed by atoms with Crippen LogP contribution >= 0.6 is 11.6 Å². The smallest absolute Gasteiger partial charge is 0.257 e. The molecule has 1 saturated heterocycles. The summed E-state index contributed by atoms with van der Waals surface area (Å²) in [5, 5.41) is 5.92. The predicted octanol–water partition coefficient (Wildman–Crippen LogP) is 3.34. The summed E-state index contributed by atoms with van der Waals surface area (Å²) >= 11 is 6.31. The van der Waals surface area contributed by atoms with Crippen LogP contribution in [0.5, 0.6) is 0 Å². The zero-order valence-electron chi connectivity index (χ0n) is 18.6. The van der Waals surface area contributed by atoms with Crippen LogP contribution in [0.25, 0.3) is 0 Å². The van der Waals surface area contributed by atoms with E-state index in [-0.39, 0.29) is 27.4 Å². The molecule has 2 N–H and O–H groups in total. The van der Waals surface area contributed by atoms with E-state index in [9.17, 15) is 18.0 Å². The number of hydrogen-bond donors (Lipinski definition) is 2. The van der Waals surface area contributed by atoms with Crippen LogP contribution in [0.3, 0.4) is 0 Å². The fourth-order valence-corrected chi connectivity index (χ4v) is 4.96. The lowest BCUT2D eigenvalue weighted by molar-refractivity contribution is 0.0950. The van der Waals surface area contributed by atoms with Crippen LogP contribution < -0.4 is 15.5 Å². The standard InChI is InChI=1S/C23H27ClN4O4S/c1-27(2)33(31,32)17-8-10-21(28-11-3-4-12-28)19(14-17)23(30)26-16-7-9-18(20(24)13-16)22(29)25-15-5-6-15/h7-10,13-15H,3-6,11-12H2,1-2H3,(H,25,29)(H,26,30). The van der Waals surface area contributed by atoms with Crippen molar-refractivity contribution in [1.29, 1.82) is 0 Å². The number of benzene rings is 2. The second-order valence-corrected chi connectivity index (χ2v) is 11.1. The number of sulfonamides is 1. The highest BCUT2D eigenvalue weighted by molar-refractivity contribution is 7.89. The van der Waals surface area contributed by atoms with E-state index in [1.165, 1.54) is 32.3 Å². The van der Waals surface area contributed by atoms with Crippen LogP contribution in [0.1, 0.15) is 46.4 Å². The van der Waals surface area contributed by atoms with E-state index in [0.29, 0.717) is 16.9 Å². The Morgan fingerprint density at radius 2 is 1.70 bits per heavy atom. The predicted molar refractivity (Wildman–Crippen MR) is 129 cm³/mol. The van der Waals surface area contributed by atoms with Gasteiger partial charge in [0.15, 0.2) is 0 Å². The Labute approximate surface area is 198 Å². The molecule has 2 amide bonds. The number of rotatable bonds is 7. The van der Waals surface area contributed by atoms with E-state index in [2.05, 4.69) is 15.5 Å². The van der Waals surface area contributed by atoms with Crippen LogP contribution in [0.2, 0.25) is 5.02 Å². The quantitative estimate of drug-likeness (QED) is 0.620. The number of hydrogen-bond acceptors (Lipinski definition) is 5. The Kier molecular flexibility index (Phi) is 6.65. The summed E-state index contributed by atoms with van der Waals surface area (Å²) in [4.78, 5) is 27.7. The van der Waals surface area contributed by atoms with Crippen molar-refractivity contribution in [3.63, 3.8) is 0 Å². The maximum absolute atomic E-state index is 13.3. The molecule has 0 bridgehead atoms. The van der Waals surface area contributed by atoms with Crippen LogP contribution in [-0.4, -0.2) is 57.8 Å². The van der Waals surface area contributed by atoms with Crippen LogP contribution in [0.4, 0.5) is 11.4 Å². The van der Waals surface area contributed by atoms with Crippen molar-refractivity contribution >= 4 is 44.8 Å². The highest BCUT2D eigenvalue weighted by Crippen LogP contribution is 2.30. The summed E-state index contributed by atoms with van der Waals surface area (Å²) in [7, 11) is -0.802. The van der Waals surface area contributed by atoms with Gasteiger partial charge in [-0.3, -0.25) is 9.59 Å². The van der Waals surface area contributed by atoms with Crippen LogP contribution in [0.15, 0.2) is 41.3 Å². The van der Waals surface area contributed by atoms with E-state index < -0.39 is 15.9 Å². The highest BCUT2D eigenvalue weighted by Gasteiger charge is 2.26. The molecule has 4 rings (SSSR count). The van der Waals surface area contributed by atoms with Gasteiger partial charge in [-0.15, -0.1) is 0 Å². The molecule has 1 aliphatic heterocycles. The van der Waals surface area contributed by atoms with E-state index in [1.807, 2.05) is 0 Å². The third-order valence-electron chi connectivity index (χ3n) is 5.82. The molecule has 0 unspecified atom stereocenters. The summed E-state index contributed by atoms with van der Waals surface area (Å²) in [6.07, 6.45) is 3.97. The van der Waals surface area contributed by atoms with Crippen molar-refractivity contribution < 1.29 is 18.0 Å². The number of nitrogens with zero attached hydrogens (tertiary/aromatic N) is 2. The lowest BCUT2D eigenvalue weighted by Crippen LogP contribution is -2.26. The van der Waals surface area contributed by atoms with E-state index in [4.69, 9.17) is 11.6 Å². The van der Waals surface area contributed by atoms with Gasteiger partial charge in [-0.1, -0.05) is 11.6 Å². The molecule has 0 atom stereocenters. The summed E-state index contributed by atoms with van der Waals surface area (Å²) in [5.41, 5.74) is 1.72. The van der Waals surface area contributed by atoms with Gasteiger partial charge in [-0.25, -0.2) is 12.7 Å². The SMILES string of the molecule is CN(C)S(=O)(=O)c1ccc(N2CCCC2)c(C(=O)Nc2ccc(C(=O)NC3CC3)c(Cl)c2)c1. The zero-order valence-corrected chi connectivity index (χ0v) is 20.2. The average molecular weight is 491 g/mol. The molecule has 8 nitrogen and oxygen atoms in total. The topological polar surface area (TPSA) is 98.8 Å². The first-order valence-electron chi connectivity index (χ1n) is 10.9. The summed E-state index contributed by atoms with van der Waals surface area (Å²) in [6, 6.07) is 9.56. The average Bonchev–Trinajstić information content (AvgIpc) is 3.41. The van der Waals surface area contributed by atoms with Crippen molar-refractivity contribution in [3.8, 4) is 0 Å². The molecule has 2 fully saturated rings. The van der Waals surface area contributed by atoms with Crippen LogP contribution in [-0.2, 0) is 10.0 Å². The molecule has 0 radical (unpaired) electrons. The molecule has 33 heavy (non-hydrogen) atoms. The van der Waals surface area contributed by atoms with Gasteiger partial charge in [-0.2, -0.15) is 0 Å². The molecular weight excluding hydrogens is 464 g/mol. The maximum Gasteiger partial charge on any atom is 0.257 e. The Morgan fingerprint density at radius 3 is 2.30 bits per heavy atom. The highest BCUT2D eigenvalue weighted by atomic mass is 35.5. The third kappa shape index (κ3) is 5.15. The normalized spacial score (nSPS) is 16.2. The summed E-state index contributed by atoms with van der Waals surface area (Å²) in [5.74, 6) is -0.683. The van der Waals surface area contributed by atoms with Gasteiger partial charge in [0.1, 0.15) is 0 Å². The summed E-state index contributed by atoms with van der Waals surface area (Å²) in [6.45, 7) is 1.60. The van der Waals surface area contributed by atoms with Gasteiger partial charge in [0.2, 0.25) is 10.0 Å². The van der Waals surface area contributed by atoms with Gasteiger partial charge >= 0.3 is 0 Å². The molecule has 176 valence electrons. The molecule has 0 aromatic heterocycles. The maximum atomic E-state index is 13.3. The second-order valence-electron chi connectivity index (χ2n) is 8.56. The monoisotopic (exact) mass is 490 g/mol. The number of carbonyl (C=O) groups is 2. The fraction of sp³-hybridized carbons (Fsp3) is 0.391. The molecular formula is C23H27ClN4O4S. The first-order chi connectivity index (χ1) is 15.7. The van der Waals surface area contributed by atoms with Gasteiger partial charge in [0, 0.05) is 44.6 Å². The Balaban J connectivity index is 1.62. The summed E-state index contributed by atoms with van der Waals surface area (Å²) < 4.78 is 26.4. The number of carbonyl (C=O) groups excluding carboxylic acids is 2. The molecule has 10 heteroatoms. The number of amides is 2. The first kappa shape index (κ1) is 23.5. The fourth-order valence-electron chi connectivity index (χ4n) is 3.77. The van der Waals surface area contributed by atoms with E-state index in [0.717, 1.165) is 43.1 Å². The van der Waals surface area contributed by atoms with Crippen molar-refractivity contribution in [2.75, 3.05) is 37.4 Å².